The van der Waals surface area contributed by atoms with Gasteiger partial charge < -0.3 is 5.11 Å². The highest BCUT2D eigenvalue weighted by atomic mass is 79.9. The van der Waals surface area contributed by atoms with Gasteiger partial charge in [0.1, 0.15) is 0 Å². The van der Waals surface area contributed by atoms with Crippen molar-refractivity contribution in [3.05, 3.63) is 53.0 Å². The summed E-state index contributed by atoms with van der Waals surface area (Å²) >= 11 is 3.28. The van der Waals surface area contributed by atoms with E-state index in [1.54, 1.807) is 31.2 Å². The lowest BCUT2D eigenvalue weighted by molar-refractivity contribution is 0.202. The summed E-state index contributed by atoms with van der Waals surface area (Å²) in [5, 5.41) is 9.06. The molecule has 2 aromatic carbocycles. The van der Waals surface area contributed by atoms with Gasteiger partial charge in [-0.25, -0.2) is 13.2 Å². The number of nitrogens with one attached hydrogen (secondary N) is 1. The van der Waals surface area contributed by atoms with Crippen molar-refractivity contribution in [3.63, 3.8) is 0 Å². The third-order valence-electron chi connectivity index (χ3n) is 3.10. The van der Waals surface area contributed by atoms with Gasteiger partial charge in [-0.3, -0.25) is 9.62 Å². The fourth-order valence-electron chi connectivity index (χ4n) is 1.97. The molecule has 0 spiro atoms. The molecule has 0 aromatic heterocycles. The Kier molecular flexibility index (Phi) is 5.27. The molecule has 2 N–H and O–H groups in total. The van der Waals surface area contributed by atoms with Gasteiger partial charge in [0.15, 0.2) is 0 Å². The van der Waals surface area contributed by atoms with E-state index in [-0.39, 0.29) is 11.4 Å². The third-order valence-corrected chi connectivity index (χ3v) is 5.03. The molecule has 0 aliphatic carbocycles. The van der Waals surface area contributed by atoms with Crippen LogP contribution in [-0.2, 0) is 10.0 Å². The van der Waals surface area contributed by atoms with Crippen LogP contribution in [0.2, 0.25) is 0 Å². The van der Waals surface area contributed by atoms with Crippen LogP contribution in [0.25, 0.3) is 0 Å². The van der Waals surface area contributed by atoms with E-state index in [1.807, 2.05) is 0 Å². The van der Waals surface area contributed by atoms with E-state index < -0.39 is 16.1 Å². The monoisotopic (exact) mass is 398 g/mol. The normalized spacial score (nSPS) is 11.0. The molecular weight excluding hydrogens is 384 g/mol. The Morgan fingerprint density at radius 1 is 1.13 bits per heavy atom. The number of anilines is 2. The van der Waals surface area contributed by atoms with Gasteiger partial charge in [-0.1, -0.05) is 15.9 Å². The molecule has 6 nitrogen and oxygen atoms in total. The fourth-order valence-corrected chi connectivity index (χ4v) is 3.29. The van der Waals surface area contributed by atoms with Crippen LogP contribution in [0.3, 0.4) is 0 Å². The number of hydrogen-bond acceptors (Lipinski definition) is 3. The largest absolute Gasteiger partial charge is 0.465 e. The molecule has 1 amide bonds. The van der Waals surface area contributed by atoms with Crippen LogP contribution in [0.4, 0.5) is 16.2 Å². The fraction of sp³-hybridized carbons (Fsp3) is 0.133. The van der Waals surface area contributed by atoms with E-state index >= 15 is 0 Å². The lowest BCUT2D eigenvalue weighted by Crippen LogP contribution is -2.28. The summed E-state index contributed by atoms with van der Waals surface area (Å²) in [6, 6.07) is 12.4. The second-order valence-corrected chi connectivity index (χ2v) is 7.23. The highest BCUT2D eigenvalue weighted by Gasteiger charge is 2.16. The summed E-state index contributed by atoms with van der Waals surface area (Å²) in [6.07, 6.45) is -1.09. The van der Waals surface area contributed by atoms with Crippen molar-refractivity contribution in [1.82, 2.24) is 0 Å². The summed E-state index contributed by atoms with van der Waals surface area (Å²) in [5.41, 5.74) is 0.862. The number of benzene rings is 2. The average Bonchev–Trinajstić information content (AvgIpc) is 2.50. The Morgan fingerprint density at radius 2 is 1.70 bits per heavy atom. The van der Waals surface area contributed by atoms with Crippen molar-refractivity contribution >= 4 is 43.4 Å². The first-order valence-electron chi connectivity index (χ1n) is 6.72. The van der Waals surface area contributed by atoms with Crippen molar-refractivity contribution in [2.45, 2.75) is 11.8 Å². The van der Waals surface area contributed by atoms with Crippen LogP contribution in [0.5, 0.6) is 0 Å². The van der Waals surface area contributed by atoms with Crippen LogP contribution >= 0.6 is 15.9 Å². The number of carboxylic acid groups (broad SMARTS) is 1. The minimum absolute atomic E-state index is 0.0608. The van der Waals surface area contributed by atoms with Crippen molar-refractivity contribution in [1.29, 1.82) is 0 Å². The third kappa shape index (κ3) is 4.23. The van der Waals surface area contributed by atoms with Crippen molar-refractivity contribution < 1.29 is 18.3 Å². The van der Waals surface area contributed by atoms with Crippen LogP contribution in [0, 0.1) is 0 Å². The van der Waals surface area contributed by atoms with Gasteiger partial charge in [0, 0.05) is 22.4 Å². The summed E-state index contributed by atoms with van der Waals surface area (Å²) < 4.78 is 28.0. The number of hydrogen-bond donors (Lipinski definition) is 2. The average molecular weight is 399 g/mol. The van der Waals surface area contributed by atoms with Gasteiger partial charge in [-0.15, -0.1) is 0 Å². The van der Waals surface area contributed by atoms with Gasteiger partial charge in [0.05, 0.1) is 4.90 Å². The quantitative estimate of drug-likeness (QED) is 0.802. The first kappa shape index (κ1) is 17.3. The molecule has 2 rings (SSSR count). The van der Waals surface area contributed by atoms with Crippen LogP contribution in [-0.4, -0.2) is 26.2 Å². The zero-order chi connectivity index (χ0) is 17.0. The molecular formula is C15H15BrN2O4S. The van der Waals surface area contributed by atoms with E-state index in [4.69, 9.17) is 5.11 Å². The SMILES string of the molecule is CCN(C(=O)O)c1ccc(S(=O)(=O)Nc2ccc(Br)cc2)cc1. The molecule has 8 heteroatoms. The summed E-state index contributed by atoms with van der Waals surface area (Å²) in [6.45, 7) is 1.98. The van der Waals surface area contributed by atoms with Gasteiger partial charge in [0.25, 0.3) is 10.0 Å². The number of halogens is 1. The molecule has 2 aromatic rings. The Morgan fingerprint density at radius 3 is 2.17 bits per heavy atom. The highest BCUT2D eigenvalue weighted by Crippen LogP contribution is 2.21. The molecule has 0 radical (unpaired) electrons. The Balaban J connectivity index is 2.23. The van der Waals surface area contributed by atoms with E-state index in [9.17, 15) is 13.2 Å². The molecule has 23 heavy (non-hydrogen) atoms. The molecule has 0 atom stereocenters. The van der Waals surface area contributed by atoms with E-state index in [0.29, 0.717) is 11.4 Å². The maximum atomic E-state index is 12.3. The first-order chi connectivity index (χ1) is 10.8. The van der Waals surface area contributed by atoms with Gasteiger partial charge in [-0.05, 0) is 55.5 Å². The molecule has 0 saturated heterocycles. The lowest BCUT2D eigenvalue weighted by Gasteiger charge is -2.17. The number of sulfonamides is 1. The predicted octanol–water partition coefficient (Wildman–Crippen LogP) is 3.75. The van der Waals surface area contributed by atoms with Gasteiger partial charge in [0.2, 0.25) is 0 Å². The Hall–Kier alpha value is -2.06. The van der Waals surface area contributed by atoms with Crippen molar-refractivity contribution in [3.8, 4) is 0 Å². The summed E-state index contributed by atoms with van der Waals surface area (Å²) in [4.78, 5) is 12.3. The summed E-state index contributed by atoms with van der Waals surface area (Å²) in [7, 11) is -3.73. The minimum Gasteiger partial charge on any atom is -0.465 e. The van der Waals surface area contributed by atoms with E-state index in [1.165, 1.54) is 24.3 Å². The molecule has 0 fully saturated rings. The maximum Gasteiger partial charge on any atom is 0.411 e. The molecule has 122 valence electrons. The molecule has 0 heterocycles. The number of rotatable bonds is 5. The number of nitrogens with zero attached hydrogens (tertiary/aromatic N) is 1. The van der Waals surface area contributed by atoms with Crippen LogP contribution in [0.1, 0.15) is 6.92 Å². The standard InChI is InChI=1S/C15H15BrN2O4S/c1-2-18(15(19)20)13-7-9-14(10-8-13)23(21,22)17-12-5-3-11(16)4-6-12/h3-10,17H,2H2,1H3,(H,19,20). The summed E-state index contributed by atoms with van der Waals surface area (Å²) in [5.74, 6) is 0. The van der Waals surface area contributed by atoms with Gasteiger partial charge >= 0.3 is 6.09 Å². The lowest BCUT2D eigenvalue weighted by atomic mass is 10.3. The molecule has 0 aliphatic heterocycles. The van der Waals surface area contributed by atoms with E-state index in [2.05, 4.69) is 20.7 Å². The van der Waals surface area contributed by atoms with Crippen LogP contribution < -0.4 is 9.62 Å². The van der Waals surface area contributed by atoms with Gasteiger partial charge in [-0.2, -0.15) is 0 Å². The van der Waals surface area contributed by atoms with Crippen LogP contribution in [0.15, 0.2) is 57.9 Å². The maximum absolute atomic E-state index is 12.3. The molecule has 0 saturated carbocycles. The molecule has 0 aliphatic rings. The topological polar surface area (TPSA) is 86.7 Å². The molecule has 0 unspecified atom stereocenters. The zero-order valence-electron chi connectivity index (χ0n) is 12.2. The first-order valence-corrected chi connectivity index (χ1v) is 9.00. The highest BCUT2D eigenvalue weighted by molar-refractivity contribution is 9.10. The Bertz CT molecular complexity index is 789. The number of amides is 1. The Labute approximate surface area is 142 Å². The predicted molar refractivity (Wildman–Crippen MR) is 92.4 cm³/mol. The van der Waals surface area contributed by atoms with Crippen molar-refractivity contribution in [2.24, 2.45) is 0 Å². The minimum atomic E-state index is -3.73. The second-order valence-electron chi connectivity index (χ2n) is 4.63. The van der Waals surface area contributed by atoms with Crippen molar-refractivity contribution in [2.75, 3.05) is 16.2 Å². The molecule has 0 bridgehead atoms. The second kappa shape index (κ2) is 7.01. The zero-order valence-corrected chi connectivity index (χ0v) is 14.6. The smallest absolute Gasteiger partial charge is 0.411 e. The van der Waals surface area contributed by atoms with E-state index in [0.717, 1.165) is 9.37 Å². The number of carbonyl (C=O) groups is 1.